The van der Waals surface area contributed by atoms with Gasteiger partial charge >= 0.3 is 0 Å². The maximum atomic E-state index is 10.9. The molecule has 0 atom stereocenters. The average molecular weight is 178 g/mol. The topological polar surface area (TPSA) is 74.4 Å². The molecule has 0 saturated carbocycles. The normalized spacial score (nSPS) is 11.3. The quantitative estimate of drug-likeness (QED) is 0.677. The monoisotopic (exact) mass is 178 g/mol. The third-order valence-electron chi connectivity index (χ3n) is 1.80. The van der Waals surface area contributed by atoms with Gasteiger partial charge in [-0.2, -0.15) is 0 Å². The minimum atomic E-state index is -0.227. The fraction of sp³-hybridized carbons (Fsp3) is 0.375. The Hall–Kier alpha value is -1.65. The Morgan fingerprint density at radius 1 is 1.31 bits per heavy atom. The molecule has 68 valence electrons. The Bertz CT molecular complexity index is 482. The van der Waals surface area contributed by atoms with E-state index in [2.05, 4.69) is 19.9 Å². The second-order valence-corrected chi connectivity index (χ2v) is 3.22. The highest BCUT2D eigenvalue weighted by atomic mass is 16.1. The lowest BCUT2D eigenvalue weighted by Gasteiger charge is -1.95. The fourth-order valence-corrected chi connectivity index (χ4v) is 1.11. The summed E-state index contributed by atoms with van der Waals surface area (Å²) in [5.74, 6) is 1.14. The number of fused-ring (bicyclic) bond motifs is 1. The van der Waals surface area contributed by atoms with E-state index >= 15 is 0 Å². The number of nitrogens with zero attached hydrogens (tertiary/aromatic N) is 2. The second kappa shape index (κ2) is 2.69. The molecule has 5 nitrogen and oxygen atoms in total. The Kier molecular flexibility index (Phi) is 1.65. The van der Waals surface area contributed by atoms with Crippen LogP contribution in [0.4, 0.5) is 0 Å². The van der Waals surface area contributed by atoms with Crippen molar-refractivity contribution < 1.29 is 0 Å². The van der Waals surface area contributed by atoms with Gasteiger partial charge < -0.3 is 9.97 Å². The van der Waals surface area contributed by atoms with Crippen LogP contribution in [0.3, 0.4) is 0 Å². The second-order valence-electron chi connectivity index (χ2n) is 3.22. The van der Waals surface area contributed by atoms with E-state index < -0.39 is 0 Å². The van der Waals surface area contributed by atoms with Crippen molar-refractivity contribution >= 4 is 11.3 Å². The Morgan fingerprint density at radius 2 is 2.08 bits per heavy atom. The summed E-state index contributed by atoms with van der Waals surface area (Å²) >= 11 is 0. The molecule has 2 heterocycles. The van der Waals surface area contributed by atoms with E-state index in [0.717, 1.165) is 5.82 Å². The van der Waals surface area contributed by atoms with Gasteiger partial charge in [0.15, 0.2) is 11.3 Å². The van der Waals surface area contributed by atoms with E-state index in [4.69, 9.17) is 0 Å². The molecule has 0 aliphatic heterocycles. The van der Waals surface area contributed by atoms with E-state index in [1.54, 1.807) is 0 Å². The minimum absolute atomic E-state index is 0.227. The standard InChI is InChI=1S/C8H10N4O/c1-4(2)6-11-7-8(12-6)10-5(13)3-9-7/h3-4H,1-2H3,(H2,9,10,11,12,13). The molecule has 0 unspecified atom stereocenters. The Balaban J connectivity index is 2.69. The molecule has 0 fully saturated rings. The molecule has 2 rings (SSSR count). The zero-order valence-corrected chi connectivity index (χ0v) is 7.46. The van der Waals surface area contributed by atoms with Crippen LogP contribution in [0.1, 0.15) is 25.6 Å². The number of aromatic amines is 2. The average Bonchev–Trinajstić information content (AvgIpc) is 2.46. The molecule has 0 aromatic carbocycles. The molecular formula is C8H10N4O. The smallest absolute Gasteiger partial charge is 0.268 e. The van der Waals surface area contributed by atoms with Gasteiger partial charge in [0.25, 0.3) is 5.56 Å². The maximum absolute atomic E-state index is 10.9. The highest BCUT2D eigenvalue weighted by Gasteiger charge is 2.06. The highest BCUT2D eigenvalue weighted by Crippen LogP contribution is 2.11. The van der Waals surface area contributed by atoms with Crippen LogP contribution in [0.5, 0.6) is 0 Å². The summed E-state index contributed by atoms with van der Waals surface area (Å²) in [5.41, 5.74) is 0.925. The Labute approximate surface area is 74.2 Å². The third kappa shape index (κ3) is 1.32. The molecule has 13 heavy (non-hydrogen) atoms. The molecule has 5 heteroatoms. The van der Waals surface area contributed by atoms with Crippen LogP contribution in [0.2, 0.25) is 0 Å². The van der Waals surface area contributed by atoms with Crippen molar-refractivity contribution in [2.24, 2.45) is 0 Å². The number of imidazole rings is 1. The van der Waals surface area contributed by atoms with E-state index in [-0.39, 0.29) is 5.56 Å². The van der Waals surface area contributed by atoms with Crippen molar-refractivity contribution in [3.05, 3.63) is 22.4 Å². The zero-order valence-electron chi connectivity index (χ0n) is 7.46. The molecular weight excluding hydrogens is 168 g/mol. The van der Waals surface area contributed by atoms with Crippen molar-refractivity contribution in [2.45, 2.75) is 19.8 Å². The summed E-state index contributed by atoms with van der Waals surface area (Å²) in [4.78, 5) is 24.6. The Morgan fingerprint density at radius 3 is 2.77 bits per heavy atom. The van der Waals surface area contributed by atoms with E-state index in [9.17, 15) is 4.79 Å². The van der Waals surface area contributed by atoms with Crippen LogP contribution in [0, 0.1) is 0 Å². The van der Waals surface area contributed by atoms with Gasteiger partial charge in [-0.3, -0.25) is 4.79 Å². The largest absolute Gasteiger partial charge is 0.325 e. The number of rotatable bonds is 1. The number of aromatic nitrogens is 4. The molecule has 2 aromatic rings. The van der Waals surface area contributed by atoms with Gasteiger partial charge in [0.2, 0.25) is 0 Å². The number of nitrogens with one attached hydrogen (secondary N) is 2. The lowest BCUT2D eigenvalue weighted by Crippen LogP contribution is -2.04. The van der Waals surface area contributed by atoms with Crippen molar-refractivity contribution in [1.82, 2.24) is 19.9 Å². The lowest BCUT2D eigenvalue weighted by molar-refractivity contribution is 0.797. The minimum Gasteiger partial charge on any atom is -0.325 e. The molecule has 0 aliphatic rings. The van der Waals surface area contributed by atoms with Gasteiger partial charge in [0, 0.05) is 5.92 Å². The predicted octanol–water partition coefficient (Wildman–Crippen LogP) is 0.770. The lowest BCUT2D eigenvalue weighted by atomic mass is 10.2. The molecule has 0 bridgehead atoms. The van der Waals surface area contributed by atoms with Gasteiger partial charge in [-0.05, 0) is 0 Å². The molecule has 0 spiro atoms. The van der Waals surface area contributed by atoms with Crippen molar-refractivity contribution in [1.29, 1.82) is 0 Å². The van der Waals surface area contributed by atoms with Gasteiger partial charge in [0.05, 0.1) is 6.20 Å². The molecule has 2 N–H and O–H groups in total. The van der Waals surface area contributed by atoms with Crippen LogP contribution >= 0.6 is 0 Å². The SMILES string of the molecule is CC(C)c1nc2[nH]c(=O)cnc2[nH]1. The summed E-state index contributed by atoms with van der Waals surface area (Å²) in [6.45, 7) is 4.05. The van der Waals surface area contributed by atoms with E-state index in [1.165, 1.54) is 6.20 Å². The maximum Gasteiger partial charge on any atom is 0.268 e. The first kappa shape index (κ1) is 7.97. The van der Waals surface area contributed by atoms with Crippen LogP contribution in [-0.4, -0.2) is 19.9 Å². The molecule has 0 aliphatic carbocycles. The fourth-order valence-electron chi connectivity index (χ4n) is 1.11. The van der Waals surface area contributed by atoms with E-state index in [0.29, 0.717) is 17.2 Å². The molecule has 0 radical (unpaired) electrons. The third-order valence-corrected chi connectivity index (χ3v) is 1.80. The summed E-state index contributed by atoms with van der Waals surface area (Å²) in [6.07, 6.45) is 1.24. The van der Waals surface area contributed by atoms with Crippen molar-refractivity contribution in [3.8, 4) is 0 Å². The molecule has 0 amide bonds. The van der Waals surface area contributed by atoms with Gasteiger partial charge in [-0.1, -0.05) is 13.8 Å². The van der Waals surface area contributed by atoms with Crippen molar-refractivity contribution in [2.75, 3.05) is 0 Å². The first-order valence-electron chi connectivity index (χ1n) is 4.12. The first-order chi connectivity index (χ1) is 6.16. The number of hydrogen-bond acceptors (Lipinski definition) is 3. The predicted molar refractivity (Wildman–Crippen MR) is 48.6 cm³/mol. The van der Waals surface area contributed by atoms with Gasteiger partial charge in [-0.15, -0.1) is 0 Å². The van der Waals surface area contributed by atoms with Crippen LogP contribution in [-0.2, 0) is 0 Å². The van der Waals surface area contributed by atoms with Crippen LogP contribution in [0.15, 0.2) is 11.0 Å². The van der Waals surface area contributed by atoms with Crippen LogP contribution in [0.25, 0.3) is 11.3 Å². The first-order valence-corrected chi connectivity index (χ1v) is 4.12. The molecule has 2 aromatic heterocycles. The number of H-pyrrole nitrogens is 2. The summed E-state index contributed by atoms with van der Waals surface area (Å²) in [7, 11) is 0. The summed E-state index contributed by atoms with van der Waals surface area (Å²) in [5, 5.41) is 0. The van der Waals surface area contributed by atoms with Gasteiger partial charge in [-0.25, -0.2) is 9.97 Å². The summed E-state index contributed by atoms with van der Waals surface area (Å²) in [6, 6.07) is 0. The zero-order chi connectivity index (χ0) is 9.42. The molecule has 0 saturated heterocycles. The van der Waals surface area contributed by atoms with Crippen LogP contribution < -0.4 is 5.56 Å². The van der Waals surface area contributed by atoms with Gasteiger partial charge in [0.1, 0.15) is 5.82 Å². The van der Waals surface area contributed by atoms with E-state index in [1.807, 2.05) is 13.8 Å². The highest BCUT2D eigenvalue weighted by molar-refractivity contribution is 5.64. The number of hydrogen-bond donors (Lipinski definition) is 2. The summed E-state index contributed by atoms with van der Waals surface area (Å²) < 4.78 is 0. The van der Waals surface area contributed by atoms with Crippen molar-refractivity contribution in [3.63, 3.8) is 0 Å².